The van der Waals surface area contributed by atoms with E-state index in [9.17, 15) is 15.0 Å². The van der Waals surface area contributed by atoms with Crippen molar-refractivity contribution in [2.45, 2.75) is 12.8 Å². The number of aromatic hydroxyl groups is 2. The van der Waals surface area contributed by atoms with Crippen LogP contribution in [-0.4, -0.2) is 46.4 Å². The van der Waals surface area contributed by atoms with Gasteiger partial charge in [-0.05, 0) is 30.7 Å². The molecule has 0 atom stereocenters. The maximum Gasteiger partial charge on any atom is 0.166 e. The number of carbonyl (C=O) groups is 1. The third-order valence-corrected chi connectivity index (χ3v) is 4.11. The van der Waals surface area contributed by atoms with E-state index in [1.807, 2.05) is 12.1 Å². The van der Waals surface area contributed by atoms with E-state index in [1.165, 1.54) is 6.07 Å². The van der Waals surface area contributed by atoms with Crippen LogP contribution in [0.25, 0.3) is 0 Å². The Labute approximate surface area is 140 Å². The molecule has 0 fully saturated rings. The number of benzene rings is 2. The molecule has 1 heterocycles. The fourth-order valence-corrected chi connectivity index (χ4v) is 2.89. The quantitative estimate of drug-likeness (QED) is 0.802. The molecule has 2 aromatic rings. The van der Waals surface area contributed by atoms with Gasteiger partial charge in [0.2, 0.25) is 0 Å². The summed E-state index contributed by atoms with van der Waals surface area (Å²) in [6, 6.07) is 13.8. The molecule has 2 N–H and O–H groups in total. The first-order valence-corrected chi connectivity index (χ1v) is 8.06. The van der Waals surface area contributed by atoms with Gasteiger partial charge in [0, 0.05) is 19.5 Å². The van der Waals surface area contributed by atoms with E-state index in [2.05, 4.69) is 9.89 Å². The number of hydrogen-bond donors (Lipinski definition) is 2. The second-order valence-electron chi connectivity index (χ2n) is 5.75. The predicted octanol–water partition coefficient (Wildman–Crippen LogP) is 2.82. The Bertz CT molecular complexity index is 771. The Morgan fingerprint density at radius 2 is 1.75 bits per heavy atom. The van der Waals surface area contributed by atoms with E-state index in [0.717, 1.165) is 17.9 Å². The van der Waals surface area contributed by atoms with Crippen LogP contribution in [-0.2, 0) is 0 Å². The summed E-state index contributed by atoms with van der Waals surface area (Å²) in [6.07, 6.45) is 1.03. The van der Waals surface area contributed by atoms with Gasteiger partial charge in [0.1, 0.15) is 17.3 Å². The van der Waals surface area contributed by atoms with Crippen molar-refractivity contribution in [3.05, 3.63) is 59.7 Å². The first kappa shape index (κ1) is 16.1. The monoisotopic (exact) mass is 324 g/mol. The summed E-state index contributed by atoms with van der Waals surface area (Å²) in [6.45, 7) is 2.16. The molecule has 0 saturated carbocycles. The number of nitrogens with zero attached hydrogens (tertiary/aromatic N) is 2. The number of carbonyl (C=O) groups excluding carboxylic acids is 1. The summed E-state index contributed by atoms with van der Waals surface area (Å²) < 4.78 is 0. The van der Waals surface area contributed by atoms with Gasteiger partial charge in [0.05, 0.1) is 17.7 Å². The highest BCUT2D eigenvalue weighted by Crippen LogP contribution is 2.22. The largest absolute Gasteiger partial charge is 0.507 e. The van der Waals surface area contributed by atoms with E-state index in [0.29, 0.717) is 31.5 Å². The van der Waals surface area contributed by atoms with Crippen molar-refractivity contribution >= 4 is 11.6 Å². The molecule has 3 rings (SSSR count). The van der Waals surface area contributed by atoms with Crippen LogP contribution in [0.4, 0.5) is 0 Å². The van der Waals surface area contributed by atoms with Gasteiger partial charge in [0.15, 0.2) is 5.78 Å². The van der Waals surface area contributed by atoms with Gasteiger partial charge in [-0.25, -0.2) is 0 Å². The number of amidine groups is 1. The van der Waals surface area contributed by atoms with Crippen LogP contribution in [0.15, 0.2) is 53.5 Å². The molecule has 5 nitrogen and oxygen atoms in total. The van der Waals surface area contributed by atoms with Gasteiger partial charge in [0.25, 0.3) is 0 Å². The number of phenols is 2. The van der Waals surface area contributed by atoms with Crippen LogP contribution in [0.3, 0.4) is 0 Å². The van der Waals surface area contributed by atoms with E-state index in [4.69, 9.17) is 0 Å². The molecular weight excluding hydrogens is 304 g/mol. The predicted molar refractivity (Wildman–Crippen MR) is 92.8 cm³/mol. The highest BCUT2D eigenvalue weighted by atomic mass is 16.3. The molecule has 0 amide bonds. The zero-order chi connectivity index (χ0) is 16.9. The van der Waals surface area contributed by atoms with Crippen molar-refractivity contribution in [3.8, 4) is 11.5 Å². The number of rotatable bonds is 6. The average Bonchev–Trinajstić information content (AvgIpc) is 3.04. The van der Waals surface area contributed by atoms with Crippen LogP contribution < -0.4 is 0 Å². The Morgan fingerprint density at radius 3 is 2.50 bits per heavy atom. The van der Waals surface area contributed by atoms with Crippen LogP contribution in [0.2, 0.25) is 0 Å². The highest BCUT2D eigenvalue weighted by Gasteiger charge is 2.21. The Morgan fingerprint density at radius 1 is 1.04 bits per heavy atom. The van der Waals surface area contributed by atoms with E-state index >= 15 is 0 Å². The number of ketones is 1. The van der Waals surface area contributed by atoms with Crippen LogP contribution in [0.1, 0.15) is 28.8 Å². The molecule has 24 heavy (non-hydrogen) atoms. The minimum absolute atomic E-state index is 0.0279. The first-order valence-electron chi connectivity index (χ1n) is 8.06. The SMILES string of the molecule is O=C(CCCN1CCN=C1c1ccccc1O)c1ccccc1O. The van der Waals surface area contributed by atoms with Crippen molar-refractivity contribution in [2.75, 3.05) is 19.6 Å². The fraction of sp³-hybridized carbons (Fsp3) is 0.263. The van der Waals surface area contributed by atoms with Gasteiger partial charge in [-0.2, -0.15) is 0 Å². The molecular formula is C19H20N2O3. The second-order valence-corrected chi connectivity index (χ2v) is 5.75. The number of aliphatic imine (C=N–C) groups is 1. The third-order valence-electron chi connectivity index (χ3n) is 4.11. The molecule has 0 aliphatic carbocycles. The molecule has 0 saturated heterocycles. The molecule has 0 spiro atoms. The van der Waals surface area contributed by atoms with Gasteiger partial charge in [-0.1, -0.05) is 24.3 Å². The maximum atomic E-state index is 12.2. The number of para-hydroxylation sites is 2. The Balaban J connectivity index is 1.59. The van der Waals surface area contributed by atoms with Gasteiger partial charge < -0.3 is 15.1 Å². The fourth-order valence-electron chi connectivity index (χ4n) is 2.89. The average molecular weight is 324 g/mol. The first-order chi connectivity index (χ1) is 11.7. The summed E-state index contributed by atoms with van der Waals surface area (Å²) in [5, 5.41) is 19.7. The standard InChI is InChI=1S/C19H20N2O3/c22-16-8-3-1-6-14(16)17(23)10-5-12-21-13-11-20-19(21)15-7-2-4-9-18(15)24/h1-4,6-9,22,24H,5,10-13H2. The second kappa shape index (κ2) is 7.17. The molecule has 0 aromatic heterocycles. The highest BCUT2D eigenvalue weighted by molar-refractivity contribution is 6.02. The van der Waals surface area contributed by atoms with Crippen LogP contribution in [0, 0.1) is 0 Å². The van der Waals surface area contributed by atoms with Crippen molar-refractivity contribution in [1.29, 1.82) is 0 Å². The zero-order valence-electron chi connectivity index (χ0n) is 13.4. The molecule has 124 valence electrons. The van der Waals surface area contributed by atoms with Gasteiger partial charge >= 0.3 is 0 Å². The molecule has 0 radical (unpaired) electrons. The van der Waals surface area contributed by atoms with E-state index in [1.54, 1.807) is 30.3 Å². The smallest absolute Gasteiger partial charge is 0.166 e. The lowest BCUT2D eigenvalue weighted by atomic mass is 10.1. The Hall–Kier alpha value is -2.82. The number of hydrogen-bond acceptors (Lipinski definition) is 5. The third kappa shape index (κ3) is 3.40. The number of phenolic OH excluding ortho intramolecular Hbond substituents is 2. The van der Waals surface area contributed by atoms with Crippen molar-refractivity contribution in [2.24, 2.45) is 4.99 Å². The minimum atomic E-state index is -0.0617. The van der Waals surface area contributed by atoms with E-state index < -0.39 is 0 Å². The summed E-state index contributed by atoms with van der Waals surface area (Å²) in [4.78, 5) is 18.8. The lowest BCUT2D eigenvalue weighted by Gasteiger charge is -2.20. The summed E-state index contributed by atoms with van der Waals surface area (Å²) in [7, 11) is 0. The molecule has 0 unspecified atom stereocenters. The molecule has 1 aliphatic rings. The lowest BCUT2D eigenvalue weighted by molar-refractivity contribution is 0.0975. The van der Waals surface area contributed by atoms with Crippen molar-refractivity contribution < 1.29 is 15.0 Å². The van der Waals surface area contributed by atoms with Gasteiger partial charge in [-0.15, -0.1) is 0 Å². The van der Waals surface area contributed by atoms with E-state index in [-0.39, 0.29) is 17.3 Å². The Kier molecular flexibility index (Phi) is 4.79. The molecule has 2 aromatic carbocycles. The van der Waals surface area contributed by atoms with Crippen LogP contribution in [0.5, 0.6) is 11.5 Å². The summed E-state index contributed by atoms with van der Waals surface area (Å²) >= 11 is 0. The zero-order valence-corrected chi connectivity index (χ0v) is 13.4. The normalized spacial score (nSPS) is 13.8. The molecule has 0 bridgehead atoms. The lowest BCUT2D eigenvalue weighted by Crippen LogP contribution is -2.29. The number of Topliss-reactive ketones (excluding diaryl/α,β-unsaturated/α-hetero) is 1. The minimum Gasteiger partial charge on any atom is -0.507 e. The van der Waals surface area contributed by atoms with Crippen molar-refractivity contribution in [1.82, 2.24) is 4.90 Å². The van der Waals surface area contributed by atoms with Gasteiger partial charge in [-0.3, -0.25) is 9.79 Å². The molecule has 1 aliphatic heterocycles. The summed E-state index contributed by atoms with van der Waals surface area (Å²) in [5.41, 5.74) is 1.09. The van der Waals surface area contributed by atoms with Crippen molar-refractivity contribution in [3.63, 3.8) is 0 Å². The summed E-state index contributed by atoms with van der Waals surface area (Å²) in [5.74, 6) is 0.963. The maximum absolute atomic E-state index is 12.2. The van der Waals surface area contributed by atoms with Crippen LogP contribution >= 0.6 is 0 Å². The topological polar surface area (TPSA) is 73.1 Å². The molecule has 5 heteroatoms.